The van der Waals surface area contributed by atoms with Crippen LogP contribution in [0.25, 0.3) is 10.9 Å². The third kappa shape index (κ3) is 4.56. The summed E-state index contributed by atoms with van der Waals surface area (Å²) in [5.74, 6) is -0.341. The first-order chi connectivity index (χ1) is 15.0. The third-order valence-corrected chi connectivity index (χ3v) is 6.46. The summed E-state index contributed by atoms with van der Waals surface area (Å²) >= 11 is 0. The zero-order valence-corrected chi connectivity index (χ0v) is 17.9. The normalized spacial score (nSPS) is 18.8. The van der Waals surface area contributed by atoms with Crippen molar-refractivity contribution < 1.29 is 14.4 Å². The molecule has 0 bridgehead atoms. The molecule has 31 heavy (non-hydrogen) atoms. The Morgan fingerprint density at radius 2 is 1.81 bits per heavy atom. The monoisotopic (exact) mass is 426 g/mol. The number of H-pyrrole nitrogens is 1. The second-order valence-corrected chi connectivity index (χ2v) is 8.46. The molecule has 4 rings (SSSR count). The number of hydrogen-bond acceptors (Lipinski definition) is 5. The van der Waals surface area contributed by atoms with Gasteiger partial charge in [0.1, 0.15) is 5.54 Å². The number of nitrogens with zero attached hydrogens (tertiary/aromatic N) is 3. The minimum atomic E-state index is -0.884. The van der Waals surface area contributed by atoms with Crippen LogP contribution in [0.1, 0.15) is 43.1 Å². The van der Waals surface area contributed by atoms with Gasteiger partial charge in [0.2, 0.25) is 11.8 Å². The van der Waals surface area contributed by atoms with Crippen molar-refractivity contribution in [2.24, 2.45) is 0 Å². The molecule has 166 valence electrons. The van der Waals surface area contributed by atoms with Gasteiger partial charge < -0.3 is 15.5 Å². The first-order valence-corrected chi connectivity index (χ1v) is 11.0. The lowest BCUT2D eigenvalue weighted by molar-refractivity contribution is -0.130. The fourth-order valence-corrected chi connectivity index (χ4v) is 4.58. The molecule has 1 saturated heterocycles. The van der Waals surface area contributed by atoms with Crippen LogP contribution in [0.3, 0.4) is 0 Å². The molecule has 1 aromatic heterocycles. The minimum Gasteiger partial charge on any atom is -0.353 e. The Balaban J connectivity index is 1.34. The van der Waals surface area contributed by atoms with Crippen LogP contribution in [0.4, 0.5) is 0 Å². The fraction of sp³-hybridized carbons (Fsp3) is 0.545. The van der Waals surface area contributed by atoms with Gasteiger partial charge in [0.25, 0.3) is 5.91 Å². The minimum absolute atomic E-state index is 0.108. The van der Waals surface area contributed by atoms with Gasteiger partial charge in [0, 0.05) is 51.6 Å². The summed E-state index contributed by atoms with van der Waals surface area (Å²) in [6.07, 6.45) is 3.07. The van der Waals surface area contributed by atoms with Gasteiger partial charge in [-0.1, -0.05) is 31.0 Å². The Morgan fingerprint density at radius 3 is 2.52 bits per heavy atom. The maximum absolute atomic E-state index is 13.1. The summed E-state index contributed by atoms with van der Waals surface area (Å²) in [5.41, 5.74) is 0.227. The highest BCUT2D eigenvalue weighted by molar-refractivity contribution is 6.06. The van der Waals surface area contributed by atoms with Gasteiger partial charge in [-0.2, -0.15) is 5.10 Å². The van der Waals surface area contributed by atoms with Crippen LogP contribution in [0.2, 0.25) is 0 Å². The van der Waals surface area contributed by atoms with Crippen LogP contribution >= 0.6 is 0 Å². The lowest BCUT2D eigenvalue weighted by Crippen LogP contribution is -2.58. The van der Waals surface area contributed by atoms with Crippen LogP contribution in [-0.4, -0.2) is 82.5 Å². The Hall–Kier alpha value is -2.94. The Morgan fingerprint density at radius 1 is 1.10 bits per heavy atom. The lowest BCUT2D eigenvalue weighted by Gasteiger charge is -2.34. The summed E-state index contributed by atoms with van der Waals surface area (Å²) in [5, 5.41) is 13.8. The number of nitrogens with one attached hydrogen (secondary N) is 3. The highest BCUT2D eigenvalue weighted by Gasteiger charge is 2.43. The van der Waals surface area contributed by atoms with Gasteiger partial charge in [0.15, 0.2) is 5.69 Å². The maximum Gasteiger partial charge on any atom is 0.273 e. The van der Waals surface area contributed by atoms with E-state index in [1.165, 1.54) is 0 Å². The van der Waals surface area contributed by atoms with Crippen molar-refractivity contribution in [2.75, 3.05) is 39.3 Å². The maximum atomic E-state index is 13.1. The van der Waals surface area contributed by atoms with Crippen LogP contribution in [0.5, 0.6) is 0 Å². The molecule has 1 aromatic carbocycles. The highest BCUT2D eigenvalue weighted by Crippen LogP contribution is 2.30. The van der Waals surface area contributed by atoms with E-state index in [1.807, 2.05) is 29.2 Å². The smallest absolute Gasteiger partial charge is 0.273 e. The summed E-state index contributed by atoms with van der Waals surface area (Å²) < 4.78 is 0. The van der Waals surface area contributed by atoms with Crippen molar-refractivity contribution in [1.82, 2.24) is 30.6 Å². The number of piperazine rings is 1. The number of benzene rings is 1. The van der Waals surface area contributed by atoms with E-state index < -0.39 is 5.54 Å². The number of carbonyl (C=O) groups excluding carboxylic acids is 3. The van der Waals surface area contributed by atoms with Crippen LogP contribution in [0.15, 0.2) is 24.3 Å². The molecule has 9 heteroatoms. The van der Waals surface area contributed by atoms with Crippen molar-refractivity contribution in [3.05, 3.63) is 30.0 Å². The molecule has 1 aliphatic carbocycles. The summed E-state index contributed by atoms with van der Waals surface area (Å²) in [4.78, 5) is 41.6. The zero-order valence-electron chi connectivity index (χ0n) is 17.9. The van der Waals surface area contributed by atoms with E-state index in [2.05, 4.69) is 25.7 Å². The number of amides is 3. The quantitative estimate of drug-likeness (QED) is 0.635. The Bertz CT molecular complexity index is 957. The van der Waals surface area contributed by atoms with E-state index in [0.29, 0.717) is 25.1 Å². The molecule has 2 aromatic rings. The van der Waals surface area contributed by atoms with E-state index in [9.17, 15) is 14.4 Å². The average molecular weight is 427 g/mol. The lowest BCUT2D eigenvalue weighted by atomic mass is 9.95. The zero-order chi connectivity index (χ0) is 21.8. The van der Waals surface area contributed by atoms with E-state index in [0.717, 1.165) is 56.5 Å². The number of fused-ring (bicyclic) bond motifs is 1. The number of rotatable bonds is 6. The van der Waals surface area contributed by atoms with Gasteiger partial charge in [-0.15, -0.1) is 0 Å². The van der Waals surface area contributed by atoms with Crippen LogP contribution in [-0.2, 0) is 9.59 Å². The predicted octanol–water partition coefficient (Wildman–Crippen LogP) is 0.886. The molecule has 3 amide bonds. The molecule has 1 saturated carbocycles. The summed E-state index contributed by atoms with van der Waals surface area (Å²) in [6.45, 7) is 5.90. The van der Waals surface area contributed by atoms with E-state index in [-0.39, 0.29) is 17.7 Å². The van der Waals surface area contributed by atoms with Crippen molar-refractivity contribution >= 4 is 28.6 Å². The van der Waals surface area contributed by atoms with Crippen molar-refractivity contribution in [3.63, 3.8) is 0 Å². The molecule has 0 radical (unpaired) electrons. The fourth-order valence-electron chi connectivity index (χ4n) is 4.58. The van der Waals surface area contributed by atoms with Gasteiger partial charge in [-0.3, -0.25) is 24.4 Å². The van der Waals surface area contributed by atoms with Crippen LogP contribution in [0, 0.1) is 0 Å². The predicted molar refractivity (Wildman–Crippen MR) is 116 cm³/mol. The van der Waals surface area contributed by atoms with E-state index >= 15 is 0 Å². The molecular weight excluding hydrogens is 396 g/mol. The summed E-state index contributed by atoms with van der Waals surface area (Å²) in [6, 6.07) is 7.46. The molecule has 0 atom stereocenters. The molecule has 0 unspecified atom stereocenters. The first kappa shape index (κ1) is 21.3. The Kier molecular flexibility index (Phi) is 6.22. The molecule has 2 fully saturated rings. The number of aromatic nitrogens is 2. The van der Waals surface area contributed by atoms with Crippen LogP contribution < -0.4 is 10.6 Å². The molecule has 3 N–H and O–H groups in total. The second kappa shape index (κ2) is 9.05. The van der Waals surface area contributed by atoms with E-state index in [4.69, 9.17) is 0 Å². The highest BCUT2D eigenvalue weighted by atomic mass is 16.2. The van der Waals surface area contributed by atoms with Gasteiger partial charge in [-0.25, -0.2) is 0 Å². The van der Waals surface area contributed by atoms with Gasteiger partial charge in [-0.05, 0) is 18.9 Å². The second-order valence-electron chi connectivity index (χ2n) is 8.46. The Labute approximate surface area is 181 Å². The number of hydrogen-bond donors (Lipinski definition) is 3. The van der Waals surface area contributed by atoms with Crippen molar-refractivity contribution in [1.29, 1.82) is 0 Å². The first-order valence-electron chi connectivity index (χ1n) is 11.0. The molecular formula is C22H30N6O3. The average Bonchev–Trinajstić information content (AvgIpc) is 3.42. The third-order valence-electron chi connectivity index (χ3n) is 6.46. The van der Waals surface area contributed by atoms with E-state index in [1.54, 1.807) is 6.92 Å². The molecule has 1 aliphatic heterocycles. The molecule has 9 nitrogen and oxygen atoms in total. The summed E-state index contributed by atoms with van der Waals surface area (Å²) in [7, 11) is 0. The standard InChI is InChI=1S/C22H30N6O3/c1-16(29)28-14-12-27(13-15-28)11-10-23-21(31)22(8-4-5-9-22)24-20(30)19-17-6-2-3-7-18(17)25-26-19/h2-3,6-7H,4-5,8-15H2,1H3,(H,23,31)(H,24,30)(H,25,26). The topological polar surface area (TPSA) is 110 Å². The largest absolute Gasteiger partial charge is 0.353 e. The number of para-hydroxylation sites is 1. The number of carbonyl (C=O) groups is 3. The van der Waals surface area contributed by atoms with Gasteiger partial charge >= 0.3 is 0 Å². The molecule has 2 heterocycles. The van der Waals surface area contributed by atoms with Gasteiger partial charge in [0.05, 0.1) is 5.52 Å². The molecule has 2 aliphatic rings. The number of aromatic amines is 1. The SMILES string of the molecule is CC(=O)N1CCN(CCNC(=O)C2(NC(=O)c3n[nH]c4ccccc34)CCCC2)CC1. The molecule has 0 spiro atoms. The van der Waals surface area contributed by atoms with Crippen molar-refractivity contribution in [3.8, 4) is 0 Å². The van der Waals surface area contributed by atoms with Crippen molar-refractivity contribution in [2.45, 2.75) is 38.1 Å².